The first-order valence-corrected chi connectivity index (χ1v) is 12.8. The zero-order chi connectivity index (χ0) is 25.7. The van der Waals surface area contributed by atoms with E-state index in [-0.39, 0.29) is 41.2 Å². The average molecular weight is 492 g/mol. The van der Waals surface area contributed by atoms with Crippen molar-refractivity contribution in [1.29, 1.82) is 0 Å². The van der Waals surface area contributed by atoms with Gasteiger partial charge in [-0.15, -0.1) is 0 Å². The first-order chi connectivity index (χ1) is 17.3. The van der Waals surface area contributed by atoms with Gasteiger partial charge in [0, 0.05) is 38.1 Å². The lowest BCUT2D eigenvalue weighted by atomic mass is 9.57. The number of carbonyl (C=O) groups excluding carboxylic acids is 2. The molecule has 0 amide bonds. The number of H-pyrrole nitrogens is 1. The van der Waals surface area contributed by atoms with Gasteiger partial charge in [0.2, 0.25) is 0 Å². The molecule has 1 heterocycles. The largest absolute Gasteiger partial charge is 0.504 e. The SMILES string of the molecule is COc1cc(CCC(=O)C[C@H](OC(C)=O)[C@@H]2C[C@]3(C=CC=C[C@@H]3C)CC[C@H]2c2cc[nH]c2)ccc1O. The summed E-state index contributed by atoms with van der Waals surface area (Å²) in [7, 11) is 1.50. The monoisotopic (exact) mass is 491 g/mol. The Bertz CT molecular complexity index is 1120. The van der Waals surface area contributed by atoms with Crippen molar-refractivity contribution in [2.75, 3.05) is 7.11 Å². The molecule has 0 aliphatic heterocycles. The van der Waals surface area contributed by atoms with E-state index in [9.17, 15) is 14.7 Å². The standard InChI is InChI=1S/C30H37NO5/c1-20-6-4-5-13-30(20)14-11-25(23-12-15-31-19-23)26(18-30)28(36-21(2)32)17-24(33)9-7-22-8-10-27(34)29(16-22)35-3/h4-6,8,10,12-13,15-16,19-20,25-26,28,31,34H,7,9,11,14,17-18H2,1-3H3/t20-,25-,26+,28-,30-/m0/s1. The fraction of sp³-hybridized carbons (Fsp3) is 0.467. The van der Waals surface area contributed by atoms with E-state index >= 15 is 0 Å². The fourth-order valence-electron chi connectivity index (χ4n) is 6.06. The highest BCUT2D eigenvalue weighted by molar-refractivity contribution is 5.79. The van der Waals surface area contributed by atoms with Gasteiger partial charge in [-0.25, -0.2) is 0 Å². The van der Waals surface area contributed by atoms with Crippen LogP contribution in [0.2, 0.25) is 0 Å². The normalized spacial score (nSPS) is 26.0. The Morgan fingerprint density at radius 1 is 1.25 bits per heavy atom. The van der Waals surface area contributed by atoms with Crippen LogP contribution >= 0.6 is 0 Å². The molecule has 1 aromatic carbocycles. The number of carbonyl (C=O) groups is 2. The Balaban J connectivity index is 1.53. The van der Waals surface area contributed by atoms with Gasteiger partial charge in [-0.3, -0.25) is 9.59 Å². The van der Waals surface area contributed by atoms with E-state index in [0.717, 1.165) is 24.8 Å². The Morgan fingerprint density at radius 2 is 2.08 bits per heavy atom. The van der Waals surface area contributed by atoms with Crippen LogP contribution in [-0.2, 0) is 20.7 Å². The van der Waals surface area contributed by atoms with Crippen LogP contribution < -0.4 is 4.74 Å². The van der Waals surface area contributed by atoms with Crippen molar-refractivity contribution in [3.8, 4) is 11.5 Å². The Kier molecular flexibility index (Phi) is 8.02. The second-order valence-electron chi connectivity index (χ2n) is 10.3. The van der Waals surface area contributed by atoms with Gasteiger partial charge in [0.1, 0.15) is 11.9 Å². The van der Waals surface area contributed by atoms with E-state index in [1.807, 2.05) is 12.4 Å². The van der Waals surface area contributed by atoms with E-state index in [4.69, 9.17) is 9.47 Å². The molecule has 2 aliphatic carbocycles. The Labute approximate surface area is 213 Å². The third kappa shape index (κ3) is 5.75. The van der Waals surface area contributed by atoms with Crippen LogP contribution in [0.25, 0.3) is 0 Å². The van der Waals surface area contributed by atoms with E-state index in [0.29, 0.717) is 24.5 Å². The Hall–Kier alpha value is -3.28. The van der Waals surface area contributed by atoms with Crippen LogP contribution in [0.15, 0.2) is 61.0 Å². The molecule has 0 bridgehead atoms. The number of hydrogen-bond donors (Lipinski definition) is 2. The molecule has 4 rings (SSSR count). The first-order valence-electron chi connectivity index (χ1n) is 12.8. The number of hydrogen-bond acceptors (Lipinski definition) is 5. The summed E-state index contributed by atoms with van der Waals surface area (Å²) in [5.41, 5.74) is 2.13. The van der Waals surface area contributed by atoms with Crippen LogP contribution in [0.1, 0.15) is 63.0 Å². The number of phenols is 1. The third-order valence-electron chi connectivity index (χ3n) is 8.11. The highest BCUT2D eigenvalue weighted by atomic mass is 16.5. The molecule has 6 nitrogen and oxygen atoms in total. The number of aromatic nitrogens is 1. The molecule has 36 heavy (non-hydrogen) atoms. The molecule has 1 spiro atoms. The second kappa shape index (κ2) is 11.2. The van der Waals surface area contributed by atoms with E-state index in [2.05, 4.69) is 42.3 Å². The summed E-state index contributed by atoms with van der Waals surface area (Å²) in [4.78, 5) is 28.5. The molecule has 2 aliphatic rings. The molecule has 1 aromatic heterocycles. The fourth-order valence-corrected chi connectivity index (χ4v) is 6.06. The second-order valence-corrected chi connectivity index (χ2v) is 10.3. The maximum absolute atomic E-state index is 13.2. The van der Waals surface area contributed by atoms with Crippen molar-refractivity contribution in [3.63, 3.8) is 0 Å². The number of Topliss-reactive ketones (excluding diaryl/α,β-unsaturated/α-hetero) is 1. The van der Waals surface area contributed by atoms with Crippen molar-refractivity contribution in [1.82, 2.24) is 4.98 Å². The summed E-state index contributed by atoms with van der Waals surface area (Å²) in [5, 5.41) is 9.83. The molecule has 2 aromatic rings. The number of ketones is 1. The quantitative estimate of drug-likeness (QED) is 0.427. The minimum Gasteiger partial charge on any atom is -0.504 e. The summed E-state index contributed by atoms with van der Waals surface area (Å²) in [5.74, 6) is 0.814. The van der Waals surface area contributed by atoms with Gasteiger partial charge >= 0.3 is 5.97 Å². The molecule has 0 saturated heterocycles. The molecule has 0 radical (unpaired) electrons. The van der Waals surface area contributed by atoms with Gasteiger partial charge in [-0.05, 0) is 72.3 Å². The number of aryl methyl sites for hydroxylation is 1. The lowest BCUT2D eigenvalue weighted by molar-refractivity contribution is -0.153. The summed E-state index contributed by atoms with van der Waals surface area (Å²) in [6, 6.07) is 7.23. The van der Waals surface area contributed by atoms with Gasteiger partial charge in [-0.2, -0.15) is 0 Å². The van der Waals surface area contributed by atoms with Crippen LogP contribution in [0.4, 0.5) is 0 Å². The molecule has 1 fully saturated rings. The number of esters is 1. The zero-order valence-electron chi connectivity index (χ0n) is 21.4. The minimum absolute atomic E-state index is 0.0102. The Morgan fingerprint density at radius 3 is 2.78 bits per heavy atom. The maximum Gasteiger partial charge on any atom is 0.302 e. The number of rotatable bonds is 9. The minimum atomic E-state index is -0.479. The first kappa shape index (κ1) is 25.8. The van der Waals surface area contributed by atoms with E-state index in [1.54, 1.807) is 18.2 Å². The number of methoxy groups -OCH3 is 1. The summed E-state index contributed by atoms with van der Waals surface area (Å²) >= 11 is 0. The number of nitrogens with one attached hydrogen (secondary N) is 1. The van der Waals surface area contributed by atoms with Gasteiger partial charge < -0.3 is 19.6 Å². The van der Waals surface area contributed by atoms with Crippen molar-refractivity contribution in [2.24, 2.45) is 17.3 Å². The summed E-state index contributed by atoms with van der Waals surface area (Å²) in [6.07, 6.45) is 16.3. The van der Waals surface area contributed by atoms with Crippen LogP contribution in [0, 0.1) is 17.3 Å². The number of ether oxygens (including phenoxy) is 2. The molecule has 6 heteroatoms. The van der Waals surface area contributed by atoms with Crippen molar-refractivity contribution >= 4 is 11.8 Å². The molecule has 2 N–H and O–H groups in total. The van der Waals surface area contributed by atoms with E-state index in [1.165, 1.54) is 19.6 Å². The molecule has 1 saturated carbocycles. The maximum atomic E-state index is 13.2. The van der Waals surface area contributed by atoms with Crippen molar-refractivity contribution < 1.29 is 24.2 Å². The number of aromatic amines is 1. The molecule has 192 valence electrons. The number of allylic oxidation sites excluding steroid dienone is 4. The van der Waals surface area contributed by atoms with Crippen molar-refractivity contribution in [2.45, 2.75) is 64.4 Å². The van der Waals surface area contributed by atoms with Gasteiger partial charge in [0.05, 0.1) is 7.11 Å². The predicted molar refractivity (Wildman–Crippen MR) is 139 cm³/mol. The van der Waals surface area contributed by atoms with Crippen LogP contribution in [-0.4, -0.2) is 35.1 Å². The molecular weight excluding hydrogens is 454 g/mol. The van der Waals surface area contributed by atoms with Gasteiger partial charge in [0.15, 0.2) is 11.5 Å². The summed E-state index contributed by atoms with van der Waals surface area (Å²) in [6.45, 7) is 3.68. The van der Waals surface area contributed by atoms with Crippen LogP contribution in [0.5, 0.6) is 11.5 Å². The number of aromatic hydroxyl groups is 1. The van der Waals surface area contributed by atoms with E-state index < -0.39 is 6.10 Å². The lowest BCUT2D eigenvalue weighted by Gasteiger charge is -2.48. The molecule has 0 unspecified atom stereocenters. The number of phenolic OH excluding ortho intramolecular Hbond substituents is 1. The van der Waals surface area contributed by atoms with Crippen LogP contribution in [0.3, 0.4) is 0 Å². The number of benzene rings is 1. The molecular formula is C30H37NO5. The third-order valence-corrected chi connectivity index (χ3v) is 8.11. The highest BCUT2D eigenvalue weighted by Crippen LogP contribution is 2.54. The highest BCUT2D eigenvalue weighted by Gasteiger charge is 2.46. The van der Waals surface area contributed by atoms with Crippen molar-refractivity contribution in [3.05, 3.63) is 72.1 Å². The average Bonchev–Trinajstić information content (AvgIpc) is 3.39. The predicted octanol–water partition coefficient (Wildman–Crippen LogP) is 5.88. The lowest BCUT2D eigenvalue weighted by Crippen LogP contribution is -2.43. The molecule has 5 atom stereocenters. The summed E-state index contributed by atoms with van der Waals surface area (Å²) < 4.78 is 11.1. The zero-order valence-corrected chi connectivity index (χ0v) is 21.4. The van der Waals surface area contributed by atoms with Gasteiger partial charge in [-0.1, -0.05) is 37.3 Å². The smallest absolute Gasteiger partial charge is 0.302 e. The topological polar surface area (TPSA) is 88.6 Å². The van der Waals surface area contributed by atoms with Gasteiger partial charge in [0.25, 0.3) is 0 Å².